The Bertz CT molecular complexity index is 572. The quantitative estimate of drug-likeness (QED) is 0.771. The maximum atomic E-state index is 12.6. The largest absolute Gasteiger partial charge is 0.417 e. The van der Waals surface area contributed by atoms with E-state index in [4.69, 9.17) is 0 Å². The lowest BCUT2D eigenvalue weighted by atomic mass is 10.1. The van der Waals surface area contributed by atoms with E-state index >= 15 is 0 Å². The Labute approximate surface area is 111 Å². The van der Waals surface area contributed by atoms with Crippen LogP contribution in [0.5, 0.6) is 0 Å². The van der Waals surface area contributed by atoms with Gasteiger partial charge in [0.05, 0.1) is 16.0 Å². The SMILES string of the molecule is NS(=O)(=O)c1cc(C(F)(F)F)c(Br)c(C(F)(F)F)c1. The molecule has 108 valence electrons. The van der Waals surface area contributed by atoms with Crippen LogP contribution in [0, 0.1) is 0 Å². The molecule has 0 atom stereocenters. The monoisotopic (exact) mass is 371 g/mol. The smallest absolute Gasteiger partial charge is 0.225 e. The van der Waals surface area contributed by atoms with E-state index in [0.717, 1.165) is 0 Å². The number of nitrogens with two attached hydrogens (primary N) is 1. The average Bonchev–Trinajstić information content (AvgIpc) is 2.11. The summed E-state index contributed by atoms with van der Waals surface area (Å²) in [5.41, 5.74) is -3.54. The minimum atomic E-state index is -5.17. The highest BCUT2D eigenvalue weighted by Gasteiger charge is 2.41. The van der Waals surface area contributed by atoms with E-state index in [1.165, 1.54) is 0 Å². The first kappa shape index (κ1) is 16.2. The second-order valence-corrected chi connectivity index (χ2v) is 5.73. The molecule has 0 amide bonds. The number of sulfonamides is 1. The molecule has 0 aliphatic heterocycles. The zero-order chi connectivity index (χ0) is 15.2. The first-order valence-corrected chi connectivity index (χ1v) is 6.59. The molecule has 0 heterocycles. The number of hydrogen-bond donors (Lipinski definition) is 1. The topological polar surface area (TPSA) is 60.2 Å². The van der Waals surface area contributed by atoms with Crippen molar-refractivity contribution in [1.82, 2.24) is 0 Å². The molecule has 0 bridgehead atoms. The van der Waals surface area contributed by atoms with Crippen LogP contribution in [0.1, 0.15) is 11.1 Å². The van der Waals surface area contributed by atoms with Crippen molar-refractivity contribution in [2.24, 2.45) is 5.14 Å². The number of hydrogen-bond acceptors (Lipinski definition) is 2. The minimum Gasteiger partial charge on any atom is -0.225 e. The lowest BCUT2D eigenvalue weighted by Crippen LogP contribution is -2.18. The van der Waals surface area contributed by atoms with E-state index in [1.807, 2.05) is 0 Å². The van der Waals surface area contributed by atoms with Crippen molar-refractivity contribution in [1.29, 1.82) is 0 Å². The molecule has 0 fully saturated rings. The van der Waals surface area contributed by atoms with Crippen LogP contribution in [0.3, 0.4) is 0 Å². The molecule has 2 N–H and O–H groups in total. The second-order valence-electron chi connectivity index (χ2n) is 3.37. The van der Waals surface area contributed by atoms with Crippen LogP contribution in [0.4, 0.5) is 26.3 Å². The third-order valence-electron chi connectivity index (χ3n) is 1.99. The van der Waals surface area contributed by atoms with Crippen LogP contribution in [-0.2, 0) is 22.4 Å². The fourth-order valence-electron chi connectivity index (χ4n) is 1.17. The molecule has 0 unspecified atom stereocenters. The van der Waals surface area contributed by atoms with Crippen LogP contribution in [0.25, 0.3) is 0 Å². The number of benzene rings is 1. The highest BCUT2D eigenvalue weighted by atomic mass is 79.9. The zero-order valence-electron chi connectivity index (χ0n) is 8.60. The molecule has 0 aliphatic carbocycles. The standard InChI is InChI=1S/C8H4BrF6NO2S/c9-6-4(7(10,11)12)1-3(19(16,17)18)2-5(6)8(13,14)15/h1-2H,(H2,16,17,18). The molecule has 3 nitrogen and oxygen atoms in total. The van der Waals surface area contributed by atoms with Crippen LogP contribution < -0.4 is 5.14 Å². The molecular formula is C8H4BrF6NO2S. The van der Waals surface area contributed by atoms with Crippen LogP contribution in [0.2, 0.25) is 0 Å². The molecule has 0 aliphatic rings. The van der Waals surface area contributed by atoms with Gasteiger partial charge in [-0.3, -0.25) is 0 Å². The summed E-state index contributed by atoms with van der Waals surface area (Å²) in [4.78, 5) is -1.27. The lowest BCUT2D eigenvalue weighted by molar-refractivity contribution is -0.144. The number of alkyl halides is 6. The van der Waals surface area contributed by atoms with Crippen molar-refractivity contribution >= 4 is 26.0 Å². The highest BCUT2D eigenvalue weighted by Crippen LogP contribution is 2.43. The molecule has 0 saturated carbocycles. The van der Waals surface area contributed by atoms with Gasteiger partial charge in [0.2, 0.25) is 10.0 Å². The predicted octanol–water partition coefficient (Wildman–Crippen LogP) is 3.13. The first-order chi connectivity index (χ1) is 8.24. The van der Waals surface area contributed by atoms with Gasteiger partial charge < -0.3 is 0 Å². The molecule has 0 radical (unpaired) electrons. The first-order valence-electron chi connectivity index (χ1n) is 4.25. The van der Waals surface area contributed by atoms with Crippen LogP contribution in [0.15, 0.2) is 21.5 Å². The van der Waals surface area contributed by atoms with Gasteiger partial charge in [0.15, 0.2) is 0 Å². The Hall–Kier alpha value is -0.810. The molecule has 1 rings (SSSR count). The van der Waals surface area contributed by atoms with E-state index in [0.29, 0.717) is 0 Å². The van der Waals surface area contributed by atoms with Gasteiger partial charge in [-0.25, -0.2) is 13.6 Å². The molecule has 1 aromatic carbocycles. The van der Waals surface area contributed by atoms with Gasteiger partial charge in [0.25, 0.3) is 0 Å². The average molecular weight is 372 g/mol. The third kappa shape index (κ3) is 3.60. The molecule has 0 aromatic heterocycles. The molecule has 11 heteroatoms. The summed E-state index contributed by atoms with van der Waals surface area (Å²) < 4.78 is 95.9. The maximum Gasteiger partial charge on any atom is 0.417 e. The van der Waals surface area contributed by atoms with Gasteiger partial charge in [-0.1, -0.05) is 0 Å². The molecular weight excluding hydrogens is 368 g/mol. The molecule has 0 saturated heterocycles. The minimum absolute atomic E-state index is 0.0364. The molecule has 1 aromatic rings. The van der Waals surface area contributed by atoms with Crippen molar-refractivity contribution < 1.29 is 34.8 Å². The van der Waals surface area contributed by atoms with Gasteiger partial charge in [0.1, 0.15) is 0 Å². The van der Waals surface area contributed by atoms with E-state index in [-0.39, 0.29) is 12.1 Å². The van der Waals surface area contributed by atoms with Crippen molar-refractivity contribution in [3.8, 4) is 0 Å². The van der Waals surface area contributed by atoms with E-state index < -0.39 is 42.9 Å². The Kier molecular flexibility index (Phi) is 3.96. The van der Waals surface area contributed by atoms with Crippen molar-refractivity contribution in [3.63, 3.8) is 0 Å². The van der Waals surface area contributed by atoms with Crippen molar-refractivity contribution in [2.75, 3.05) is 0 Å². The summed E-state index contributed by atoms with van der Waals surface area (Å²) >= 11 is 2.18. The molecule has 19 heavy (non-hydrogen) atoms. The normalized spacial score (nSPS) is 13.7. The summed E-state index contributed by atoms with van der Waals surface area (Å²) in [6.45, 7) is 0. The number of rotatable bonds is 1. The third-order valence-corrected chi connectivity index (χ3v) is 3.73. The molecule has 0 spiro atoms. The van der Waals surface area contributed by atoms with E-state index in [1.54, 1.807) is 0 Å². The maximum absolute atomic E-state index is 12.6. The number of primary sulfonamides is 1. The number of halogens is 7. The summed E-state index contributed by atoms with van der Waals surface area (Å²) in [5, 5.41) is 4.55. The fourth-order valence-corrected chi connectivity index (χ4v) is 2.42. The Morgan fingerprint density at radius 1 is 0.947 bits per heavy atom. The summed E-state index contributed by atoms with van der Waals surface area (Å²) in [7, 11) is -4.71. The second kappa shape index (κ2) is 4.63. The van der Waals surface area contributed by atoms with Crippen LogP contribution >= 0.6 is 15.9 Å². The predicted molar refractivity (Wildman–Crippen MR) is 55.5 cm³/mol. The summed E-state index contributed by atoms with van der Waals surface area (Å²) in [6.07, 6.45) is -10.3. The Morgan fingerprint density at radius 2 is 1.26 bits per heavy atom. The Balaban J connectivity index is 3.78. The zero-order valence-corrected chi connectivity index (χ0v) is 11.0. The lowest BCUT2D eigenvalue weighted by Gasteiger charge is -2.16. The van der Waals surface area contributed by atoms with Crippen molar-refractivity contribution in [2.45, 2.75) is 17.2 Å². The van der Waals surface area contributed by atoms with E-state index in [9.17, 15) is 34.8 Å². The van der Waals surface area contributed by atoms with Gasteiger partial charge in [-0.2, -0.15) is 26.3 Å². The van der Waals surface area contributed by atoms with Gasteiger partial charge in [0, 0.05) is 4.47 Å². The highest BCUT2D eigenvalue weighted by molar-refractivity contribution is 9.10. The fraction of sp³-hybridized carbons (Fsp3) is 0.250. The summed E-state index contributed by atoms with van der Waals surface area (Å²) in [5.74, 6) is 0. The summed E-state index contributed by atoms with van der Waals surface area (Å²) in [6, 6.07) is 0.0727. The van der Waals surface area contributed by atoms with E-state index in [2.05, 4.69) is 21.1 Å². The van der Waals surface area contributed by atoms with Gasteiger partial charge >= 0.3 is 12.4 Å². The van der Waals surface area contributed by atoms with Crippen molar-refractivity contribution in [3.05, 3.63) is 27.7 Å². The Morgan fingerprint density at radius 3 is 1.47 bits per heavy atom. The van der Waals surface area contributed by atoms with Gasteiger partial charge in [-0.05, 0) is 28.1 Å². The van der Waals surface area contributed by atoms with Crippen LogP contribution in [-0.4, -0.2) is 8.42 Å². The van der Waals surface area contributed by atoms with Gasteiger partial charge in [-0.15, -0.1) is 0 Å².